The maximum atomic E-state index is 13.2. The van der Waals surface area contributed by atoms with Crippen LogP contribution in [0, 0.1) is 11.6 Å². The number of halogens is 2. The maximum absolute atomic E-state index is 13.2. The molecule has 0 unspecified atom stereocenters. The van der Waals surface area contributed by atoms with Gasteiger partial charge in [0.25, 0.3) is 0 Å². The highest BCUT2D eigenvalue weighted by atomic mass is 19.1. The Morgan fingerprint density at radius 2 is 1.58 bits per heavy atom. The highest BCUT2D eigenvalue weighted by Crippen LogP contribution is 2.27. The predicted molar refractivity (Wildman–Crippen MR) is 94.3 cm³/mol. The van der Waals surface area contributed by atoms with Crippen molar-refractivity contribution in [2.75, 3.05) is 6.61 Å². The van der Waals surface area contributed by atoms with E-state index in [0.717, 1.165) is 16.8 Å². The monoisotopic (exact) mass is 356 g/mol. The number of hydrogen-bond acceptors (Lipinski definition) is 3. The average molecular weight is 356 g/mol. The van der Waals surface area contributed by atoms with Crippen molar-refractivity contribution in [1.82, 2.24) is 9.78 Å². The van der Waals surface area contributed by atoms with E-state index in [2.05, 4.69) is 5.10 Å². The number of esters is 1. The molecule has 0 radical (unpaired) electrons. The largest absolute Gasteiger partial charge is 0.466 e. The third-order valence-corrected chi connectivity index (χ3v) is 3.89. The van der Waals surface area contributed by atoms with Gasteiger partial charge in [-0.05, 0) is 61.5 Å². The number of nitrogens with zero attached hydrogens (tertiary/aromatic N) is 2. The fourth-order valence-electron chi connectivity index (χ4n) is 2.63. The van der Waals surface area contributed by atoms with Crippen LogP contribution in [0.15, 0.2) is 54.6 Å². The Balaban J connectivity index is 1.95. The van der Waals surface area contributed by atoms with Crippen LogP contribution < -0.4 is 0 Å². The normalized spacial score (nSPS) is 10.7. The van der Waals surface area contributed by atoms with Gasteiger partial charge < -0.3 is 4.74 Å². The molecule has 0 aliphatic rings. The molecule has 0 spiro atoms. The number of rotatable bonds is 6. The lowest BCUT2D eigenvalue weighted by Crippen LogP contribution is -2.10. The number of carbonyl (C=O) groups is 1. The molecule has 6 heteroatoms. The van der Waals surface area contributed by atoms with Crippen LogP contribution in [0.4, 0.5) is 8.78 Å². The van der Waals surface area contributed by atoms with Crippen molar-refractivity contribution in [3.8, 4) is 22.5 Å². The highest BCUT2D eigenvalue weighted by molar-refractivity contribution is 5.71. The van der Waals surface area contributed by atoms with E-state index in [-0.39, 0.29) is 24.0 Å². The Labute approximate surface area is 150 Å². The van der Waals surface area contributed by atoms with Crippen molar-refractivity contribution in [2.24, 2.45) is 0 Å². The lowest BCUT2D eigenvalue weighted by atomic mass is 10.1. The first-order valence-corrected chi connectivity index (χ1v) is 8.32. The standard InChI is InChI=1S/C20H18F2N2O2/c1-2-26-20(25)11-12-24-19(15-5-9-17(22)10-6-15)13-18(23-24)14-3-7-16(21)8-4-14/h3-10,13H,2,11-12H2,1H3. The smallest absolute Gasteiger partial charge is 0.307 e. The van der Waals surface area contributed by atoms with Crippen LogP contribution in [0.3, 0.4) is 0 Å². The molecule has 0 aliphatic carbocycles. The second-order valence-electron chi connectivity index (χ2n) is 5.71. The van der Waals surface area contributed by atoms with E-state index in [1.807, 2.05) is 6.07 Å². The van der Waals surface area contributed by atoms with Crippen molar-refractivity contribution < 1.29 is 18.3 Å². The molecule has 0 saturated carbocycles. The molecule has 1 heterocycles. The molecule has 4 nitrogen and oxygen atoms in total. The van der Waals surface area contributed by atoms with Gasteiger partial charge in [-0.3, -0.25) is 9.48 Å². The summed E-state index contributed by atoms with van der Waals surface area (Å²) in [5.41, 5.74) is 2.92. The molecule has 0 N–H and O–H groups in total. The molecule has 0 fully saturated rings. The molecule has 0 atom stereocenters. The summed E-state index contributed by atoms with van der Waals surface area (Å²) in [6.07, 6.45) is 0.173. The summed E-state index contributed by atoms with van der Waals surface area (Å²) in [5, 5.41) is 4.53. The topological polar surface area (TPSA) is 44.1 Å². The SMILES string of the molecule is CCOC(=O)CCn1nc(-c2ccc(F)cc2)cc1-c1ccc(F)cc1. The van der Waals surface area contributed by atoms with Crippen molar-refractivity contribution in [3.05, 3.63) is 66.2 Å². The Morgan fingerprint density at radius 1 is 1.00 bits per heavy atom. The molecule has 0 saturated heterocycles. The van der Waals surface area contributed by atoms with Gasteiger partial charge in [0.05, 0.1) is 31.0 Å². The van der Waals surface area contributed by atoms with Gasteiger partial charge in [-0.15, -0.1) is 0 Å². The van der Waals surface area contributed by atoms with Gasteiger partial charge in [0.15, 0.2) is 0 Å². The lowest BCUT2D eigenvalue weighted by Gasteiger charge is -2.07. The second kappa shape index (κ2) is 7.91. The molecule has 0 bridgehead atoms. The van der Waals surface area contributed by atoms with Gasteiger partial charge in [-0.1, -0.05) is 0 Å². The van der Waals surface area contributed by atoms with E-state index in [9.17, 15) is 13.6 Å². The summed E-state index contributed by atoms with van der Waals surface area (Å²) in [5.74, 6) is -0.962. The fourth-order valence-corrected chi connectivity index (χ4v) is 2.63. The first-order chi connectivity index (χ1) is 12.6. The third-order valence-electron chi connectivity index (χ3n) is 3.89. The first-order valence-electron chi connectivity index (χ1n) is 8.32. The summed E-state index contributed by atoms with van der Waals surface area (Å²) in [4.78, 5) is 11.7. The van der Waals surface area contributed by atoms with Crippen molar-refractivity contribution in [2.45, 2.75) is 19.9 Å². The summed E-state index contributed by atoms with van der Waals surface area (Å²) >= 11 is 0. The lowest BCUT2D eigenvalue weighted by molar-refractivity contribution is -0.143. The van der Waals surface area contributed by atoms with E-state index in [1.165, 1.54) is 24.3 Å². The van der Waals surface area contributed by atoms with E-state index in [1.54, 1.807) is 35.9 Å². The minimum absolute atomic E-state index is 0.173. The zero-order chi connectivity index (χ0) is 18.5. The van der Waals surface area contributed by atoms with Crippen LogP contribution in [-0.4, -0.2) is 22.4 Å². The Morgan fingerprint density at radius 3 is 2.15 bits per heavy atom. The van der Waals surface area contributed by atoms with Gasteiger partial charge in [0, 0.05) is 11.1 Å². The number of benzene rings is 2. The summed E-state index contributed by atoms with van der Waals surface area (Å²) < 4.78 is 33.0. The maximum Gasteiger partial charge on any atom is 0.307 e. The van der Waals surface area contributed by atoms with Crippen molar-refractivity contribution in [3.63, 3.8) is 0 Å². The van der Waals surface area contributed by atoms with Gasteiger partial charge in [0.2, 0.25) is 0 Å². The molecule has 1 aromatic heterocycles. The zero-order valence-electron chi connectivity index (χ0n) is 14.3. The molecule has 3 aromatic rings. The number of hydrogen-bond donors (Lipinski definition) is 0. The highest BCUT2D eigenvalue weighted by Gasteiger charge is 2.13. The van der Waals surface area contributed by atoms with E-state index < -0.39 is 0 Å². The zero-order valence-corrected chi connectivity index (χ0v) is 14.3. The molecule has 2 aromatic carbocycles. The molecule has 0 aliphatic heterocycles. The number of carbonyl (C=O) groups excluding carboxylic acids is 1. The minimum atomic E-state index is -0.329. The quantitative estimate of drug-likeness (QED) is 0.613. The van der Waals surface area contributed by atoms with Crippen LogP contribution in [0.25, 0.3) is 22.5 Å². The third kappa shape index (κ3) is 4.14. The average Bonchev–Trinajstić information content (AvgIpc) is 3.06. The van der Waals surface area contributed by atoms with Crippen LogP contribution >= 0.6 is 0 Å². The Kier molecular flexibility index (Phi) is 5.41. The predicted octanol–water partition coefficient (Wildman–Crippen LogP) is 4.45. The van der Waals surface area contributed by atoms with Gasteiger partial charge >= 0.3 is 5.97 Å². The summed E-state index contributed by atoms with van der Waals surface area (Å²) in [6, 6.07) is 13.9. The van der Waals surface area contributed by atoms with E-state index in [0.29, 0.717) is 18.8 Å². The van der Waals surface area contributed by atoms with E-state index >= 15 is 0 Å². The molecule has 3 rings (SSSR count). The molecule has 0 amide bonds. The Hall–Kier alpha value is -3.02. The summed E-state index contributed by atoms with van der Waals surface area (Å²) in [6.45, 7) is 2.40. The molecular weight excluding hydrogens is 338 g/mol. The fraction of sp³-hybridized carbons (Fsp3) is 0.200. The van der Waals surface area contributed by atoms with Crippen molar-refractivity contribution >= 4 is 5.97 Å². The summed E-state index contributed by atoms with van der Waals surface area (Å²) in [7, 11) is 0. The number of aromatic nitrogens is 2. The van der Waals surface area contributed by atoms with Crippen LogP contribution in [0.1, 0.15) is 13.3 Å². The van der Waals surface area contributed by atoms with Crippen molar-refractivity contribution in [1.29, 1.82) is 0 Å². The van der Waals surface area contributed by atoms with E-state index in [4.69, 9.17) is 4.74 Å². The van der Waals surface area contributed by atoms with Crippen LogP contribution in [-0.2, 0) is 16.1 Å². The Bertz CT molecular complexity index is 887. The first kappa shape index (κ1) is 17.8. The van der Waals surface area contributed by atoms with Crippen LogP contribution in [0.2, 0.25) is 0 Å². The number of ether oxygens (including phenoxy) is 1. The minimum Gasteiger partial charge on any atom is -0.466 e. The number of aryl methyl sites for hydroxylation is 1. The molecular formula is C20H18F2N2O2. The molecule has 134 valence electrons. The van der Waals surface area contributed by atoms with Crippen LogP contribution in [0.5, 0.6) is 0 Å². The van der Waals surface area contributed by atoms with Gasteiger partial charge in [-0.25, -0.2) is 8.78 Å². The molecule has 26 heavy (non-hydrogen) atoms. The van der Waals surface area contributed by atoms with Gasteiger partial charge in [0.1, 0.15) is 11.6 Å². The van der Waals surface area contributed by atoms with Gasteiger partial charge in [-0.2, -0.15) is 5.10 Å². The second-order valence-corrected chi connectivity index (χ2v) is 5.71.